The van der Waals surface area contributed by atoms with Crippen LogP contribution < -0.4 is 5.32 Å². The first-order valence-electron chi connectivity index (χ1n) is 4.74. The Morgan fingerprint density at radius 1 is 1.55 bits per heavy atom. The van der Waals surface area contributed by atoms with Gasteiger partial charge < -0.3 is 10.1 Å². The first-order chi connectivity index (χ1) is 5.43. The average Bonchev–Trinajstić information content (AvgIpc) is 2.50. The van der Waals surface area contributed by atoms with E-state index in [0.29, 0.717) is 0 Å². The van der Waals surface area contributed by atoms with Gasteiger partial charge in [0.15, 0.2) is 0 Å². The highest BCUT2D eigenvalue weighted by atomic mass is 16.5. The summed E-state index contributed by atoms with van der Waals surface area (Å²) in [6.45, 7) is 5.07. The number of hydrogen-bond donors (Lipinski definition) is 1. The summed E-state index contributed by atoms with van der Waals surface area (Å²) in [4.78, 5) is 0. The number of hydrogen-bond acceptors (Lipinski definition) is 2. The molecular formula is C9H19NO. The summed E-state index contributed by atoms with van der Waals surface area (Å²) in [5.74, 6) is 0. The Balaban J connectivity index is 1.86. The van der Waals surface area contributed by atoms with Gasteiger partial charge in [0, 0.05) is 19.3 Å². The summed E-state index contributed by atoms with van der Waals surface area (Å²) in [6.07, 6.45) is 5.23. The molecule has 1 unspecified atom stereocenters. The lowest BCUT2D eigenvalue weighted by molar-refractivity contribution is 0.141. The minimum atomic E-state index is 0.787. The molecule has 0 aromatic heterocycles. The van der Waals surface area contributed by atoms with E-state index in [4.69, 9.17) is 4.74 Å². The van der Waals surface area contributed by atoms with Gasteiger partial charge in [-0.25, -0.2) is 0 Å². The van der Waals surface area contributed by atoms with Crippen molar-refractivity contribution >= 4 is 0 Å². The molecule has 2 heteroatoms. The normalized spacial score (nSPS) is 24.3. The van der Waals surface area contributed by atoms with Crippen molar-refractivity contribution in [2.24, 2.45) is 0 Å². The Morgan fingerprint density at radius 3 is 3.09 bits per heavy atom. The molecule has 66 valence electrons. The molecule has 1 N–H and O–H groups in total. The van der Waals surface area contributed by atoms with Crippen molar-refractivity contribution < 1.29 is 4.74 Å². The molecule has 0 amide bonds. The van der Waals surface area contributed by atoms with Crippen LogP contribution in [-0.2, 0) is 4.74 Å². The van der Waals surface area contributed by atoms with Gasteiger partial charge in [0.1, 0.15) is 0 Å². The van der Waals surface area contributed by atoms with E-state index in [1.807, 2.05) is 6.92 Å². The monoisotopic (exact) mass is 157 g/mol. The standard InChI is InChI=1S/C9H19NO/c1-2-11-8-4-6-9-5-3-7-10-9/h9-10H,2-8H2,1H3. The first kappa shape index (κ1) is 9.01. The van der Waals surface area contributed by atoms with Gasteiger partial charge in [-0.1, -0.05) is 0 Å². The van der Waals surface area contributed by atoms with Gasteiger partial charge >= 0.3 is 0 Å². The fraction of sp³-hybridized carbons (Fsp3) is 1.00. The molecule has 1 aliphatic heterocycles. The van der Waals surface area contributed by atoms with Gasteiger partial charge in [0.05, 0.1) is 0 Å². The minimum Gasteiger partial charge on any atom is -0.382 e. The minimum absolute atomic E-state index is 0.787. The zero-order valence-corrected chi connectivity index (χ0v) is 7.44. The van der Waals surface area contributed by atoms with Crippen LogP contribution in [-0.4, -0.2) is 25.8 Å². The third-order valence-electron chi connectivity index (χ3n) is 2.21. The quantitative estimate of drug-likeness (QED) is 0.611. The molecule has 1 heterocycles. The van der Waals surface area contributed by atoms with E-state index < -0.39 is 0 Å². The Morgan fingerprint density at radius 2 is 2.45 bits per heavy atom. The molecule has 0 aromatic carbocycles. The second-order valence-corrected chi connectivity index (χ2v) is 3.13. The van der Waals surface area contributed by atoms with Crippen LogP contribution in [0.5, 0.6) is 0 Å². The van der Waals surface area contributed by atoms with Crippen molar-refractivity contribution in [1.82, 2.24) is 5.32 Å². The van der Waals surface area contributed by atoms with Crippen LogP contribution in [0.3, 0.4) is 0 Å². The van der Waals surface area contributed by atoms with Crippen LogP contribution >= 0.6 is 0 Å². The van der Waals surface area contributed by atoms with Crippen LogP contribution in [0.4, 0.5) is 0 Å². The predicted molar refractivity (Wildman–Crippen MR) is 46.8 cm³/mol. The molecule has 11 heavy (non-hydrogen) atoms. The predicted octanol–water partition coefficient (Wildman–Crippen LogP) is 1.56. The van der Waals surface area contributed by atoms with Crippen molar-refractivity contribution in [2.45, 2.75) is 38.6 Å². The molecule has 0 aliphatic carbocycles. The highest BCUT2D eigenvalue weighted by Crippen LogP contribution is 2.10. The second kappa shape index (κ2) is 5.56. The average molecular weight is 157 g/mol. The fourth-order valence-electron chi connectivity index (χ4n) is 1.58. The summed E-state index contributed by atoms with van der Waals surface area (Å²) in [5, 5.41) is 3.48. The maximum atomic E-state index is 5.27. The zero-order valence-electron chi connectivity index (χ0n) is 7.44. The fourth-order valence-corrected chi connectivity index (χ4v) is 1.58. The van der Waals surface area contributed by atoms with E-state index >= 15 is 0 Å². The molecule has 0 aromatic rings. The lowest BCUT2D eigenvalue weighted by atomic mass is 10.1. The van der Waals surface area contributed by atoms with Crippen molar-refractivity contribution in [3.63, 3.8) is 0 Å². The van der Waals surface area contributed by atoms with E-state index in [1.54, 1.807) is 0 Å². The molecule has 1 saturated heterocycles. The second-order valence-electron chi connectivity index (χ2n) is 3.13. The number of nitrogens with one attached hydrogen (secondary N) is 1. The van der Waals surface area contributed by atoms with E-state index in [0.717, 1.165) is 19.3 Å². The molecule has 1 aliphatic rings. The number of rotatable bonds is 5. The highest BCUT2D eigenvalue weighted by Gasteiger charge is 2.12. The summed E-state index contributed by atoms with van der Waals surface area (Å²) in [6, 6.07) is 0.787. The molecule has 1 atom stereocenters. The van der Waals surface area contributed by atoms with Crippen molar-refractivity contribution in [1.29, 1.82) is 0 Å². The van der Waals surface area contributed by atoms with Crippen LogP contribution in [0.2, 0.25) is 0 Å². The Hall–Kier alpha value is -0.0800. The van der Waals surface area contributed by atoms with Crippen LogP contribution in [0.15, 0.2) is 0 Å². The molecule has 0 radical (unpaired) electrons. The SMILES string of the molecule is CCOCCCC1CCCN1. The molecule has 0 spiro atoms. The molecule has 1 fully saturated rings. The largest absolute Gasteiger partial charge is 0.382 e. The summed E-state index contributed by atoms with van der Waals surface area (Å²) < 4.78 is 5.27. The topological polar surface area (TPSA) is 21.3 Å². The van der Waals surface area contributed by atoms with Crippen LogP contribution in [0, 0.1) is 0 Å². The summed E-state index contributed by atoms with van der Waals surface area (Å²) in [7, 11) is 0. The van der Waals surface area contributed by atoms with Gasteiger partial charge in [-0.3, -0.25) is 0 Å². The van der Waals surface area contributed by atoms with Crippen molar-refractivity contribution in [3.05, 3.63) is 0 Å². The first-order valence-corrected chi connectivity index (χ1v) is 4.74. The van der Waals surface area contributed by atoms with Crippen LogP contribution in [0.25, 0.3) is 0 Å². The van der Waals surface area contributed by atoms with E-state index in [9.17, 15) is 0 Å². The Labute approximate surface area is 69.3 Å². The molecule has 0 saturated carbocycles. The maximum absolute atomic E-state index is 5.27. The smallest absolute Gasteiger partial charge is 0.0466 e. The molecular weight excluding hydrogens is 138 g/mol. The molecule has 0 bridgehead atoms. The molecule has 1 rings (SSSR count). The Bertz CT molecular complexity index is 89.6. The number of ether oxygens (including phenoxy) is 1. The van der Waals surface area contributed by atoms with E-state index in [1.165, 1.54) is 32.2 Å². The third kappa shape index (κ3) is 3.73. The zero-order chi connectivity index (χ0) is 7.94. The van der Waals surface area contributed by atoms with Crippen molar-refractivity contribution in [3.8, 4) is 0 Å². The Kier molecular flexibility index (Phi) is 4.55. The summed E-state index contributed by atoms with van der Waals surface area (Å²) >= 11 is 0. The summed E-state index contributed by atoms with van der Waals surface area (Å²) in [5.41, 5.74) is 0. The van der Waals surface area contributed by atoms with Gasteiger partial charge in [-0.2, -0.15) is 0 Å². The van der Waals surface area contributed by atoms with Gasteiger partial charge in [0.2, 0.25) is 0 Å². The molecule has 2 nitrogen and oxygen atoms in total. The lowest BCUT2D eigenvalue weighted by Crippen LogP contribution is -2.21. The van der Waals surface area contributed by atoms with E-state index in [-0.39, 0.29) is 0 Å². The van der Waals surface area contributed by atoms with Gasteiger partial charge in [-0.15, -0.1) is 0 Å². The van der Waals surface area contributed by atoms with Gasteiger partial charge in [0.25, 0.3) is 0 Å². The van der Waals surface area contributed by atoms with E-state index in [2.05, 4.69) is 5.32 Å². The van der Waals surface area contributed by atoms with Crippen molar-refractivity contribution in [2.75, 3.05) is 19.8 Å². The van der Waals surface area contributed by atoms with Gasteiger partial charge in [-0.05, 0) is 39.2 Å². The highest BCUT2D eigenvalue weighted by molar-refractivity contribution is 4.73. The van der Waals surface area contributed by atoms with Crippen LogP contribution in [0.1, 0.15) is 32.6 Å². The third-order valence-corrected chi connectivity index (χ3v) is 2.21. The maximum Gasteiger partial charge on any atom is 0.0466 e. The lowest BCUT2D eigenvalue weighted by Gasteiger charge is -2.08.